The normalized spacial score (nSPS) is 27.2. The molecule has 3 atom stereocenters. The molecule has 3 N–H and O–H groups in total. The minimum absolute atomic E-state index is 0.164. The van der Waals surface area contributed by atoms with Crippen LogP contribution in [-0.2, 0) is 16.0 Å². The van der Waals surface area contributed by atoms with Crippen molar-refractivity contribution in [3.8, 4) is 0 Å². The average molecular weight is 303 g/mol. The predicted octanol–water partition coefficient (Wildman–Crippen LogP) is 0.326. The molecule has 0 amide bonds. The lowest BCUT2D eigenvalue weighted by atomic mass is 9.66. The van der Waals surface area contributed by atoms with Gasteiger partial charge < -0.3 is 14.9 Å². The monoisotopic (exact) mass is 303 g/mol. The molecule has 2 aromatic heterocycles. The molecule has 0 spiro atoms. The van der Waals surface area contributed by atoms with Gasteiger partial charge >= 0.3 is 5.97 Å². The van der Waals surface area contributed by atoms with E-state index in [9.17, 15) is 14.7 Å². The number of pyridine rings is 1. The van der Waals surface area contributed by atoms with Crippen molar-refractivity contribution in [2.24, 2.45) is 5.92 Å². The molecule has 2 heterocycles. The lowest BCUT2D eigenvalue weighted by Gasteiger charge is -2.40. The highest BCUT2D eigenvalue weighted by Crippen LogP contribution is 2.44. The van der Waals surface area contributed by atoms with Gasteiger partial charge in [0.05, 0.1) is 18.6 Å². The highest BCUT2D eigenvalue weighted by Gasteiger charge is 2.51. The molecule has 0 fully saturated rings. The molecule has 7 heteroatoms. The third-order valence-electron chi connectivity index (χ3n) is 4.24. The van der Waals surface area contributed by atoms with Crippen LogP contribution in [0.1, 0.15) is 29.7 Å². The summed E-state index contributed by atoms with van der Waals surface area (Å²) < 4.78 is 4.87. The third-order valence-corrected chi connectivity index (χ3v) is 4.24. The van der Waals surface area contributed by atoms with Gasteiger partial charge in [-0.15, -0.1) is 0 Å². The Bertz CT molecular complexity index is 748. The molecule has 0 unspecified atom stereocenters. The van der Waals surface area contributed by atoms with Gasteiger partial charge in [0.15, 0.2) is 0 Å². The van der Waals surface area contributed by atoms with Crippen LogP contribution in [0.5, 0.6) is 0 Å². The molecule has 1 aliphatic carbocycles. The van der Waals surface area contributed by atoms with Crippen LogP contribution in [0.3, 0.4) is 0 Å². The molecular formula is C15H17N3O4. The van der Waals surface area contributed by atoms with Crippen molar-refractivity contribution in [1.29, 1.82) is 0 Å². The van der Waals surface area contributed by atoms with Crippen molar-refractivity contribution in [3.05, 3.63) is 51.7 Å². The van der Waals surface area contributed by atoms with E-state index in [1.807, 2.05) is 0 Å². The van der Waals surface area contributed by atoms with Gasteiger partial charge in [-0.25, -0.2) is 0 Å². The van der Waals surface area contributed by atoms with Gasteiger partial charge in [-0.05, 0) is 18.6 Å². The van der Waals surface area contributed by atoms with Gasteiger partial charge in [-0.2, -0.15) is 0 Å². The first-order chi connectivity index (χ1) is 10.5. The number of aromatic amines is 2. The zero-order chi connectivity index (χ0) is 15.9. The summed E-state index contributed by atoms with van der Waals surface area (Å²) in [5.74, 6) is -2.05. The highest BCUT2D eigenvalue weighted by molar-refractivity contribution is 5.77. The molecular weight excluding hydrogens is 286 g/mol. The van der Waals surface area contributed by atoms with Gasteiger partial charge in [0.2, 0.25) is 0 Å². The topological polar surface area (TPSA) is 108 Å². The molecule has 2 aromatic rings. The number of ether oxygens (including phenoxy) is 1. The molecule has 0 radical (unpaired) electrons. The summed E-state index contributed by atoms with van der Waals surface area (Å²) in [6.07, 6.45) is 3.37. The van der Waals surface area contributed by atoms with Crippen LogP contribution in [0.15, 0.2) is 29.3 Å². The summed E-state index contributed by atoms with van der Waals surface area (Å²) in [4.78, 5) is 28.5. The second-order valence-corrected chi connectivity index (χ2v) is 5.77. The van der Waals surface area contributed by atoms with E-state index in [1.54, 1.807) is 31.5 Å². The van der Waals surface area contributed by atoms with Crippen molar-refractivity contribution >= 4 is 5.97 Å². The fourth-order valence-electron chi connectivity index (χ4n) is 3.30. The smallest absolute Gasteiger partial charge is 0.312 e. The number of aromatic nitrogens is 3. The number of nitrogens with zero attached hydrogens (tertiary/aromatic N) is 1. The molecule has 0 saturated heterocycles. The summed E-state index contributed by atoms with van der Waals surface area (Å²) >= 11 is 0. The van der Waals surface area contributed by atoms with E-state index in [4.69, 9.17) is 4.74 Å². The van der Waals surface area contributed by atoms with E-state index < -0.39 is 23.4 Å². The van der Waals surface area contributed by atoms with E-state index in [0.717, 1.165) is 0 Å². The molecule has 116 valence electrons. The van der Waals surface area contributed by atoms with Gasteiger partial charge in [-0.1, -0.05) is 6.07 Å². The number of carbonyl (C=O) groups excluding carboxylic acids is 1. The van der Waals surface area contributed by atoms with Crippen molar-refractivity contribution < 1.29 is 14.6 Å². The molecule has 0 aliphatic heterocycles. The Hall–Kier alpha value is -2.41. The average Bonchev–Trinajstić information content (AvgIpc) is 2.85. The molecule has 0 bridgehead atoms. The Morgan fingerprint density at radius 2 is 2.27 bits per heavy atom. The zero-order valence-corrected chi connectivity index (χ0v) is 12.3. The molecule has 22 heavy (non-hydrogen) atoms. The van der Waals surface area contributed by atoms with E-state index in [2.05, 4.69) is 15.2 Å². The summed E-state index contributed by atoms with van der Waals surface area (Å²) in [5, 5.41) is 16.1. The number of carbonyl (C=O) groups is 1. The summed E-state index contributed by atoms with van der Waals surface area (Å²) in [7, 11) is 1.27. The Balaban J connectivity index is 2.25. The molecule has 3 rings (SSSR count). The van der Waals surface area contributed by atoms with Gasteiger partial charge in [0.1, 0.15) is 0 Å². The number of aliphatic hydroxyl groups is 1. The number of hydrogen-bond donors (Lipinski definition) is 3. The van der Waals surface area contributed by atoms with E-state index >= 15 is 0 Å². The van der Waals surface area contributed by atoms with E-state index in [-0.39, 0.29) is 12.0 Å². The minimum Gasteiger partial charge on any atom is -0.469 e. The lowest BCUT2D eigenvalue weighted by molar-refractivity contribution is -0.156. The summed E-state index contributed by atoms with van der Waals surface area (Å²) in [6, 6.07) is 3.51. The van der Waals surface area contributed by atoms with Crippen LogP contribution < -0.4 is 5.56 Å². The fourth-order valence-corrected chi connectivity index (χ4v) is 3.30. The number of methoxy groups -OCH3 is 1. The quantitative estimate of drug-likeness (QED) is 0.693. The Labute approximate surface area is 126 Å². The highest BCUT2D eigenvalue weighted by atomic mass is 16.5. The van der Waals surface area contributed by atoms with Crippen LogP contribution >= 0.6 is 0 Å². The van der Waals surface area contributed by atoms with Gasteiger partial charge in [0.25, 0.3) is 5.56 Å². The first-order valence-electron chi connectivity index (χ1n) is 6.95. The molecule has 0 saturated carbocycles. The third kappa shape index (κ3) is 2.14. The van der Waals surface area contributed by atoms with Gasteiger partial charge in [0, 0.05) is 36.0 Å². The second kappa shape index (κ2) is 5.10. The van der Waals surface area contributed by atoms with Crippen molar-refractivity contribution in [1.82, 2.24) is 15.2 Å². The first-order valence-corrected chi connectivity index (χ1v) is 6.95. The Kier molecular flexibility index (Phi) is 3.37. The minimum atomic E-state index is -1.34. The predicted molar refractivity (Wildman–Crippen MR) is 77.3 cm³/mol. The van der Waals surface area contributed by atoms with Crippen LogP contribution in [0.4, 0.5) is 0 Å². The molecule has 0 aromatic carbocycles. The standard InChI is InChI=1S/C15H17N3O4/c1-15(21)6-9-11(13(19)18-17-9)10(12(15)14(20)22-2)8-4-3-5-16-7-8/h3-5,7,10,12,21H,6H2,1-2H3,(H2,17,18,19)/t10-,12-,15+/m0/s1. The Morgan fingerprint density at radius 1 is 1.50 bits per heavy atom. The van der Waals surface area contributed by atoms with Crippen molar-refractivity contribution in [2.45, 2.75) is 24.9 Å². The number of esters is 1. The second-order valence-electron chi connectivity index (χ2n) is 5.77. The van der Waals surface area contributed by atoms with Crippen molar-refractivity contribution in [2.75, 3.05) is 7.11 Å². The van der Waals surface area contributed by atoms with Crippen LogP contribution in [0.2, 0.25) is 0 Å². The number of H-pyrrole nitrogens is 2. The van der Waals surface area contributed by atoms with Gasteiger partial charge in [-0.3, -0.25) is 19.7 Å². The van der Waals surface area contributed by atoms with E-state index in [1.165, 1.54) is 7.11 Å². The summed E-state index contributed by atoms with van der Waals surface area (Å²) in [6.45, 7) is 1.58. The number of rotatable bonds is 2. The maximum atomic E-state index is 12.3. The Morgan fingerprint density at radius 3 is 2.91 bits per heavy atom. The summed E-state index contributed by atoms with van der Waals surface area (Å²) in [5.41, 5.74) is 0.0996. The molecule has 7 nitrogen and oxygen atoms in total. The van der Waals surface area contributed by atoms with Crippen LogP contribution in [0.25, 0.3) is 0 Å². The van der Waals surface area contributed by atoms with E-state index in [0.29, 0.717) is 16.8 Å². The number of fused-ring (bicyclic) bond motifs is 1. The van der Waals surface area contributed by atoms with Crippen LogP contribution in [-0.4, -0.2) is 39.0 Å². The molecule has 1 aliphatic rings. The lowest BCUT2D eigenvalue weighted by Crippen LogP contribution is -2.49. The SMILES string of the molecule is COC(=O)[C@@H]1[C@@H](c2cccnc2)c2c([nH][nH]c2=O)C[C@@]1(C)O. The maximum Gasteiger partial charge on any atom is 0.312 e. The maximum absolute atomic E-state index is 12.3. The first kappa shape index (κ1) is 14.5. The van der Waals surface area contributed by atoms with Crippen molar-refractivity contribution in [3.63, 3.8) is 0 Å². The number of nitrogens with one attached hydrogen (secondary N) is 2. The largest absolute Gasteiger partial charge is 0.469 e. The van der Waals surface area contributed by atoms with Crippen LogP contribution in [0, 0.1) is 5.92 Å². The fraction of sp³-hybridized carbons (Fsp3) is 0.400. The number of hydrogen-bond acceptors (Lipinski definition) is 5. The zero-order valence-electron chi connectivity index (χ0n) is 12.3.